The number of aromatic nitrogens is 2. The molecule has 0 spiro atoms. The normalized spacial score (nSPS) is 12.4. The number of halogens is 2. The van der Waals surface area contributed by atoms with E-state index in [1.54, 1.807) is 24.8 Å². The van der Waals surface area contributed by atoms with Crippen LogP contribution in [0.3, 0.4) is 0 Å². The molecule has 2 rings (SSSR count). The quantitative estimate of drug-likeness (QED) is 0.748. The van der Waals surface area contributed by atoms with E-state index < -0.39 is 5.82 Å². The molecule has 1 aromatic carbocycles. The molecule has 1 unspecified atom stereocenters. The highest BCUT2D eigenvalue weighted by molar-refractivity contribution is 6.27. The summed E-state index contributed by atoms with van der Waals surface area (Å²) in [7, 11) is 3.39. The van der Waals surface area contributed by atoms with Crippen LogP contribution in [0.15, 0.2) is 18.2 Å². The summed E-state index contributed by atoms with van der Waals surface area (Å²) in [5.41, 5.74) is 0.910. The molecule has 26 heavy (non-hydrogen) atoms. The van der Waals surface area contributed by atoms with Gasteiger partial charge in [0.1, 0.15) is 11.7 Å². The first-order valence-corrected chi connectivity index (χ1v) is 9.01. The van der Waals surface area contributed by atoms with E-state index >= 15 is 0 Å². The van der Waals surface area contributed by atoms with Crippen molar-refractivity contribution in [3.63, 3.8) is 0 Å². The number of nitrogens with zero attached hydrogens (tertiary/aromatic N) is 3. The van der Waals surface area contributed by atoms with Crippen molar-refractivity contribution >= 4 is 34.3 Å². The molecule has 142 valence electrons. The zero-order valence-corrected chi connectivity index (χ0v) is 16.2. The smallest absolute Gasteiger partial charge is 0.274 e. The molecule has 0 aliphatic carbocycles. The van der Waals surface area contributed by atoms with Crippen molar-refractivity contribution in [2.45, 2.75) is 26.3 Å². The largest absolute Gasteiger partial charge is 0.352 e. The van der Waals surface area contributed by atoms with Gasteiger partial charge < -0.3 is 10.2 Å². The molecular formula is C18H24ClFN4O2. The van der Waals surface area contributed by atoms with E-state index in [9.17, 15) is 14.0 Å². The van der Waals surface area contributed by atoms with Crippen molar-refractivity contribution in [2.24, 2.45) is 13.0 Å². The average molecular weight is 383 g/mol. The Balaban J connectivity index is 2.12. The van der Waals surface area contributed by atoms with Gasteiger partial charge >= 0.3 is 0 Å². The van der Waals surface area contributed by atoms with Gasteiger partial charge in [-0.2, -0.15) is 5.10 Å². The minimum atomic E-state index is -0.411. The van der Waals surface area contributed by atoms with Gasteiger partial charge in [0.15, 0.2) is 5.69 Å². The number of fused-ring (bicyclic) bond motifs is 1. The second-order valence-electron chi connectivity index (χ2n) is 6.70. The fourth-order valence-corrected chi connectivity index (χ4v) is 2.91. The van der Waals surface area contributed by atoms with Gasteiger partial charge in [0, 0.05) is 32.1 Å². The first kappa shape index (κ1) is 20.2. The van der Waals surface area contributed by atoms with Crippen LogP contribution in [0.2, 0.25) is 0 Å². The minimum absolute atomic E-state index is 0.0885. The fraction of sp³-hybridized carbons (Fsp3) is 0.500. The Bertz CT molecular complexity index is 806. The summed E-state index contributed by atoms with van der Waals surface area (Å²) in [6, 6.07) is 4.18. The predicted molar refractivity (Wildman–Crippen MR) is 99.7 cm³/mol. The van der Waals surface area contributed by atoms with Crippen molar-refractivity contribution in [1.29, 1.82) is 0 Å². The Kier molecular flexibility index (Phi) is 6.58. The van der Waals surface area contributed by atoms with Gasteiger partial charge in [0.25, 0.3) is 5.91 Å². The summed E-state index contributed by atoms with van der Waals surface area (Å²) < 4.78 is 15.1. The Labute approximate surface area is 157 Å². The lowest BCUT2D eigenvalue weighted by atomic mass is 10.0. The summed E-state index contributed by atoms with van der Waals surface area (Å²) in [5, 5.41) is 7.60. The third-order valence-electron chi connectivity index (χ3n) is 4.41. The van der Waals surface area contributed by atoms with Gasteiger partial charge in [-0.15, -0.1) is 11.6 Å². The summed E-state index contributed by atoms with van der Waals surface area (Å²) in [4.78, 5) is 25.8. The highest BCUT2D eigenvalue weighted by Gasteiger charge is 2.22. The predicted octanol–water partition coefficient (Wildman–Crippen LogP) is 2.55. The van der Waals surface area contributed by atoms with Gasteiger partial charge in [-0.1, -0.05) is 13.8 Å². The van der Waals surface area contributed by atoms with Crippen molar-refractivity contribution in [1.82, 2.24) is 20.0 Å². The second kappa shape index (κ2) is 8.49. The maximum absolute atomic E-state index is 13.6. The molecule has 1 atom stereocenters. The minimum Gasteiger partial charge on any atom is -0.352 e. The van der Waals surface area contributed by atoms with Crippen LogP contribution in [0.4, 0.5) is 4.39 Å². The van der Waals surface area contributed by atoms with Gasteiger partial charge in [-0.25, -0.2) is 4.39 Å². The molecule has 0 radical (unpaired) electrons. The third kappa shape index (κ3) is 4.52. The Hall–Kier alpha value is -2.15. The van der Waals surface area contributed by atoms with Crippen LogP contribution in [-0.4, -0.2) is 52.0 Å². The van der Waals surface area contributed by atoms with Crippen molar-refractivity contribution < 1.29 is 14.0 Å². The van der Waals surface area contributed by atoms with Crippen LogP contribution >= 0.6 is 11.6 Å². The van der Waals surface area contributed by atoms with Crippen LogP contribution in [0.25, 0.3) is 10.9 Å². The van der Waals surface area contributed by atoms with Gasteiger partial charge in [-0.05, 0) is 30.5 Å². The molecule has 1 heterocycles. The van der Waals surface area contributed by atoms with Gasteiger partial charge in [0.05, 0.1) is 5.52 Å². The zero-order chi connectivity index (χ0) is 19.4. The number of carbonyl (C=O) groups is 2. The van der Waals surface area contributed by atoms with Crippen LogP contribution < -0.4 is 5.32 Å². The van der Waals surface area contributed by atoms with E-state index in [0.717, 1.165) is 0 Å². The van der Waals surface area contributed by atoms with Crippen LogP contribution in [0.1, 0.15) is 30.8 Å². The standard InChI is InChI=1S/C18H24ClFN4O2/c1-11(2)14(21-16(25)10-19)7-8-23(3)18(26)17-13-9-12(20)5-6-15(13)24(4)22-17/h5-6,9,11,14H,7-8,10H2,1-4H3,(H,21,25). The fourth-order valence-electron chi connectivity index (χ4n) is 2.83. The van der Waals surface area contributed by atoms with Gasteiger partial charge in [-0.3, -0.25) is 14.3 Å². The van der Waals surface area contributed by atoms with E-state index in [0.29, 0.717) is 23.9 Å². The van der Waals surface area contributed by atoms with E-state index in [1.165, 1.54) is 17.0 Å². The zero-order valence-electron chi connectivity index (χ0n) is 15.4. The molecule has 0 bridgehead atoms. The van der Waals surface area contributed by atoms with E-state index in [4.69, 9.17) is 11.6 Å². The number of aryl methyl sites for hydroxylation is 1. The van der Waals surface area contributed by atoms with Crippen molar-refractivity contribution in [2.75, 3.05) is 19.5 Å². The molecule has 8 heteroatoms. The molecule has 6 nitrogen and oxygen atoms in total. The summed E-state index contributed by atoms with van der Waals surface area (Å²) in [6.07, 6.45) is 0.585. The Morgan fingerprint density at radius 2 is 2.08 bits per heavy atom. The lowest BCUT2D eigenvalue weighted by molar-refractivity contribution is -0.119. The monoisotopic (exact) mass is 382 g/mol. The summed E-state index contributed by atoms with van der Waals surface area (Å²) >= 11 is 5.55. The average Bonchev–Trinajstić information content (AvgIpc) is 2.92. The second-order valence-corrected chi connectivity index (χ2v) is 6.97. The third-order valence-corrected chi connectivity index (χ3v) is 4.65. The van der Waals surface area contributed by atoms with E-state index in [2.05, 4.69) is 10.4 Å². The van der Waals surface area contributed by atoms with Crippen LogP contribution in [0, 0.1) is 11.7 Å². The molecule has 0 saturated heterocycles. The van der Waals surface area contributed by atoms with Gasteiger partial charge in [0.2, 0.25) is 5.91 Å². The molecule has 2 aromatic rings. The molecule has 1 N–H and O–H groups in total. The molecule has 1 aromatic heterocycles. The topological polar surface area (TPSA) is 67.2 Å². The number of alkyl halides is 1. The van der Waals surface area contributed by atoms with Crippen LogP contribution in [0.5, 0.6) is 0 Å². The Morgan fingerprint density at radius 3 is 2.69 bits per heavy atom. The highest BCUT2D eigenvalue weighted by Crippen LogP contribution is 2.20. The number of carbonyl (C=O) groups excluding carboxylic acids is 2. The van der Waals surface area contributed by atoms with E-state index in [1.807, 2.05) is 13.8 Å². The number of hydrogen-bond donors (Lipinski definition) is 1. The molecule has 0 fully saturated rings. The summed E-state index contributed by atoms with van der Waals surface area (Å²) in [6.45, 7) is 4.42. The van der Waals surface area contributed by atoms with Crippen molar-refractivity contribution in [3.05, 3.63) is 29.7 Å². The highest BCUT2D eigenvalue weighted by atomic mass is 35.5. The molecule has 0 aliphatic heterocycles. The number of rotatable bonds is 7. The lowest BCUT2D eigenvalue weighted by Gasteiger charge is -2.25. The maximum atomic E-state index is 13.6. The SMILES string of the molecule is CC(C)C(CCN(C)C(=O)c1nn(C)c2ccc(F)cc12)NC(=O)CCl. The number of hydrogen-bond acceptors (Lipinski definition) is 3. The van der Waals surface area contributed by atoms with Crippen molar-refractivity contribution in [3.8, 4) is 0 Å². The molecule has 0 aliphatic rings. The lowest BCUT2D eigenvalue weighted by Crippen LogP contribution is -2.42. The van der Waals surface area contributed by atoms with E-state index in [-0.39, 0.29) is 35.3 Å². The number of nitrogens with one attached hydrogen (secondary N) is 1. The molecule has 2 amide bonds. The first-order valence-electron chi connectivity index (χ1n) is 8.47. The number of benzene rings is 1. The number of amides is 2. The van der Waals surface area contributed by atoms with Crippen LogP contribution in [-0.2, 0) is 11.8 Å². The maximum Gasteiger partial charge on any atom is 0.274 e. The summed E-state index contributed by atoms with van der Waals surface area (Å²) in [5.74, 6) is -0.817. The molecule has 0 saturated carbocycles. The first-order chi connectivity index (χ1) is 12.2. The molecular weight excluding hydrogens is 359 g/mol. The Morgan fingerprint density at radius 1 is 1.38 bits per heavy atom.